The highest BCUT2D eigenvalue weighted by Gasteiger charge is 2.14. The lowest BCUT2D eigenvalue weighted by atomic mass is 9.87. The van der Waals surface area contributed by atoms with Gasteiger partial charge in [0.15, 0.2) is 0 Å². The number of fused-ring (bicyclic) bond motifs is 1. The third-order valence-electron chi connectivity index (χ3n) is 3.78. The summed E-state index contributed by atoms with van der Waals surface area (Å²) in [5, 5.41) is 0. The third-order valence-corrected chi connectivity index (χ3v) is 3.78. The lowest BCUT2D eigenvalue weighted by Crippen LogP contribution is -2.03. The van der Waals surface area contributed by atoms with Crippen LogP contribution in [0.2, 0.25) is 0 Å². The van der Waals surface area contributed by atoms with Crippen molar-refractivity contribution in [3.63, 3.8) is 0 Å². The predicted octanol–water partition coefficient (Wildman–Crippen LogP) is 4.68. The van der Waals surface area contributed by atoms with E-state index in [1.165, 1.54) is 48.8 Å². The minimum Gasteiger partial charge on any atom is -0.0735 e. The molecule has 0 heterocycles. The standard InChI is InChI=1S/C16H18/c1-2-6-13(7-3-1)12-15-11-10-14-8-4-5-9-16(14)15/h4-5,8-13H,1-3,6-7H2/b15-12+. The number of allylic oxidation sites excluding steroid dienone is 3. The molecule has 0 amide bonds. The van der Waals surface area contributed by atoms with E-state index in [4.69, 9.17) is 0 Å². The molecule has 0 unspecified atom stereocenters. The molecule has 2 aliphatic rings. The molecule has 1 aromatic rings. The molecule has 0 aliphatic heterocycles. The fraction of sp³-hybridized carbons (Fsp3) is 0.375. The molecule has 0 heteroatoms. The molecule has 0 N–H and O–H groups in total. The van der Waals surface area contributed by atoms with Crippen LogP contribution >= 0.6 is 0 Å². The molecular formula is C16H18. The Kier molecular flexibility index (Phi) is 2.65. The molecule has 0 atom stereocenters. The first kappa shape index (κ1) is 9.89. The van der Waals surface area contributed by atoms with Gasteiger partial charge < -0.3 is 0 Å². The van der Waals surface area contributed by atoms with E-state index >= 15 is 0 Å². The van der Waals surface area contributed by atoms with Gasteiger partial charge in [0, 0.05) is 0 Å². The minimum atomic E-state index is 0.819. The summed E-state index contributed by atoms with van der Waals surface area (Å²) in [6.45, 7) is 0. The van der Waals surface area contributed by atoms with Gasteiger partial charge >= 0.3 is 0 Å². The van der Waals surface area contributed by atoms with Gasteiger partial charge in [0.2, 0.25) is 0 Å². The van der Waals surface area contributed by atoms with Crippen molar-refractivity contribution in [1.29, 1.82) is 0 Å². The fourth-order valence-electron chi connectivity index (χ4n) is 2.87. The maximum atomic E-state index is 2.50. The third kappa shape index (κ3) is 1.84. The van der Waals surface area contributed by atoms with Crippen molar-refractivity contribution in [2.45, 2.75) is 32.1 Å². The SMILES string of the molecule is C1=Cc2ccccc2/C1=C/C1CCCCC1. The van der Waals surface area contributed by atoms with Crippen molar-refractivity contribution in [2.24, 2.45) is 5.92 Å². The summed E-state index contributed by atoms with van der Waals surface area (Å²) in [4.78, 5) is 0. The number of benzene rings is 1. The Balaban J connectivity index is 1.86. The molecule has 16 heavy (non-hydrogen) atoms. The van der Waals surface area contributed by atoms with Crippen LogP contribution in [0.3, 0.4) is 0 Å². The highest BCUT2D eigenvalue weighted by atomic mass is 14.2. The summed E-state index contributed by atoms with van der Waals surface area (Å²) in [6.07, 6.45) is 14.1. The van der Waals surface area contributed by atoms with E-state index in [0.29, 0.717) is 0 Å². The van der Waals surface area contributed by atoms with Crippen LogP contribution in [-0.4, -0.2) is 0 Å². The average molecular weight is 210 g/mol. The lowest BCUT2D eigenvalue weighted by molar-refractivity contribution is 0.420. The van der Waals surface area contributed by atoms with E-state index in [0.717, 1.165) is 5.92 Å². The molecule has 0 nitrogen and oxygen atoms in total. The normalized spacial score (nSPS) is 22.6. The second-order valence-electron chi connectivity index (χ2n) is 4.94. The number of rotatable bonds is 1. The quantitative estimate of drug-likeness (QED) is 0.631. The molecule has 82 valence electrons. The van der Waals surface area contributed by atoms with E-state index in [9.17, 15) is 0 Å². The van der Waals surface area contributed by atoms with E-state index in [1.807, 2.05) is 0 Å². The Morgan fingerprint density at radius 2 is 1.75 bits per heavy atom. The van der Waals surface area contributed by atoms with Crippen molar-refractivity contribution >= 4 is 11.6 Å². The maximum Gasteiger partial charge on any atom is -0.0115 e. The van der Waals surface area contributed by atoms with Gasteiger partial charge in [0.05, 0.1) is 0 Å². The fourth-order valence-corrected chi connectivity index (χ4v) is 2.87. The van der Waals surface area contributed by atoms with E-state index in [1.54, 1.807) is 0 Å². The molecule has 0 spiro atoms. The zero-order chi connectivity index (χ0) is 10.8. The first-order chi connectivity index (χ1) is 7.93. The van der Waals surface area contributed by atoms with E-state index < -0.39 is 0 Å². The van der Waals surface area contributed by atoms with Crippen LogP contribution in [-0.2, 0) is 0 Å². The summed E-state index contributed by atoms with van der Waals surface area (Å²) < 4.78 is 0. The summed E-state index contributed by atoms with van der Waals surface area (Å²) in [6, 6.07) is 8.70. The van der Waals surface area contributed by atoms with E-state index in [-0.39, 0.29) is 0 Å². The molecule has 3 rings (SSSR count). The van der Waals surface area contributed by atoms with Gasteiger partial charge in [-0.05, 0) is 35.5 Å². The van der Waals surface area contributed by atoms with Gasteiger partial charge in [-0.2, -0.15) is 0 Å². The van der Waals surface area contributed by atoms with Gasteiger partial charge in [0.1, 0.15) is 0 Å². The Morgan fingerprint density at radius 3 is 2.62 bits per heavy atom. The molecule has 0 aromatic heterocycles. The first-order valence-corrected chi connectivity index (χ1v) is 6.43. The maximum absolute atomic E-state index is 2.50. The Hall–Kier alpha value is -1.30. The largest absolute Gasteiger partial charge is 0.0735 e. The Labute approximate surface area is 97.7 Å². The second kappa shape index (κ2) is 4.29. The lowest BCUT2D eigenvalue weighted by Gasteiger charge is -2.18. The minimum absolute atomic E-state index is 0.819. The summed E-state index contributed by atoms with van der Waals surface area (Å²) in [7, 11) is 0. The van der Waals surface area contributed by atoms with Crippen LogP contribution in [0.5, 0.6) is 0 Å². The van der Waals surface area contributed by atoms with Crippen molar-refractivity contribution in [2.75, 3.05) is 0 Å². The van der Waals surface area contributed by atoms with Crippen molar-refractivity contribution < 1.29 is 0 Å². The molecule has 1 saturated carbocycles. The molecule has 0 radical (unpaired) electrons. The van der Waals surface area contributed by atoms with Crippen LogP contribution < -0.4 is 0 Å². The van der Waals surface area contributed by atoms with Crippen LogP contribution in [0.4, 0.5) is 0 Å². The summed E-state index contributed by atoms with van der Waals surface area (Å²) >= 11 is 0. The van der Waals surface area contributed by atoms with Crippen LogP contribution in [0.15, 0.2) is 36.4 Å². The van der Waals surface area contributed by atoms with Gasteiger partial charge in [-0.1, -0.05) is 61.8 Å². The van der Waals surface area contributed by atoms with Gasteiger partial charge in [-0.3, -0.25) is 0 Å². The average Bonchev–Trinajstić information content (AvgIpc) is 2.74. The van der Waals surface area contributed by atoms with Crippen molar-refractivity contribution in [3.8, 4) is 0 Å². The van der Waals surface area contributed by atoms with E-state index in [2.05, 4.69) is 42.5 Å². The molecule has 2 aliphatic carbocycles. The smallest absolute Gasteiger partial charge is 0.0115 e. The number of hydrogen-bond acceptors (Lipinski definition) is 0. The topological polar surface area (TPSA) is 0 Å². The van der Waals surface area contributed by atoms with Gasteiger partial charge in [-0.15, -0.1) is 0 Å². The van der Waals surface area contributed by atoms with Crippen molar-refractivity contribution in [3.05, 3.63) is 47.5 Å². The van der Waals surface area contributed by atoms with Gasteiger partial charge in [0.25, 0.3) is 0 Å². The zero-order valence-electron chi connectivity index (χ0n) is 9.65. The molecule has 1 fully saturated rings. The zero-order valence-corrected chi connectivity index (χ0v) is 9.65. The Morgan fingerprint density at radius 1 is 0.938 bits per heavy atom. The van der Waals surface area contributed by atoms with Crippen LogP contribution in [0, 0.1) is 5.92 Å². The predicted molar refractivity (Wildman–Crippen MR) is 70.0 cm³/mol. The molecule has 0 bridgehead atoms. The summed E-state index contributed by atoms with van der Waals surface area (Å²) in [5.74, 6) is 0.819. The Bertz CT molecular complexity index is 431. The second-order valence-corrected chi connectivity index (χ2v) is 4.94. The highest BCUT2D eigenvalue weighted by Crippen LogP contribution is 2.33. The van der Waals surface area contributed by atoms with Crippen molar-refractivity contribution in [1.82, 2.24) is 0 Å². The van der Waals surface area contributed by atoms with Crippen LogP contribution in [0.1, 0.15) is 43.2 Å². The molecular weight excluding hydrogens is 192 g/mol. The summed E-state index contributed by atoms with van der Waals surface area (Å²) in [5.41, 5.74) is 4.25. The highest BCUT2D eigenvalue weighted by molar-refractivity contribution is 5.89. The molecule has 0 saturated heterocycles. The monoisotopic (exact) mass is 210 g/mol. The van der Waals surface area contributed by atoms with Crippen LogP contribution in [0.25, 0.3) is 11.6 Å². The van der Waals surface area contributed by atoms with Gasteiger partial charge in [-0.25, -0.2) is 0 Å². The number of hydrogen-bond donors (Lipinski definition) is 0. The first-order valence-electron chi connectivity index (χ1n) is 6.43. The molecule has 1 aromatic carbocycles.